The number of phenols is 1. The molecule has 2 N–H and O–H groups in total. The molecule has 0 aliphatic carbocycles. The smallest absolute Gasteiger partial charge is 0.243 e. The fourth-order valence-corrected chi connectivity index (χ4v) is 7.11. The molecule has 214 valence electrons. The van der Waals surface area contributed by atoms with Gasteiger partial charge in [-0.2, -0.15) is 4.31 Å². The van der Waals surface area contributed by atoms with Crippen LogP contribution in [-0.4, -0.2) is 35.1 Å². The first-order chi connectivity index (χ1) is 18.9. The van der Waals surface area contributed by atoms with E-state index in [2.05, 4.69) is 11.3 Å². The molecule has 0 aromatic heterocycles. The summed E-state index contributed by atoms with van der Waals surface area (Å²) in [5.74, 6) is -0.909. The van der Waals surface area contributed by atoms with Crippen molar-refractivity contribution in [2.75, 3.05) is 13.1 Å². The average molecular weight is 626 g/mol. The predicted octanol–water partition coefficient (Wildman–Crippen LogP) is 6.79. The quantitative estimate of drug-likeness (QED) is 0.205. The number of hydrogen-bond donors (Lipinski definition) is 2. The number of rotatable bonds is 13. The van der Waals surface area contributed by atoms with Crippen LogP contribution in [0.3, 0.4) is 0 Å². The van der Waals surface area contributed by atoms with Crippen molar-refractivity contribution in [3.63, 3.8) is 0 Å². The number of sulfonamides is 1. The molecule has 0 saturated heterocycles. The molecule has 0 bridgehead atoms. The van der Waals surface area contributed by atoms with Crippen LogP contribution < -0.4 is 4.72 Å². The van der Waals surface area contributed by atoms with Crippen molar-refractivity contribution in [3.05, 3.63) is 112 Å². The van der Waals surface area contributed by atoms with Crippen LogP contribution in [0.4, 0.5) is 4.39 Å². The van der Waals surface area contributed by atoms with Gasteiger partial charge in [-0.15, -0.1) is 6.58 Å². The van der Waals surface area contributed by atoms with E-state index in [-0.39, 0.29) is 51.1 Å². The van der Waals surface area contributed by atoms with Crippen LogP contribution >= 0.6 is 23.2 Å². The van der Waals surface area contributed by atoms with Gasteiger partial charge in [0.2, 0.25) is 10.0 Å². The summed E-state index contributed by atoms with van der Waals surface area (Å²) in [7, 11) is -5.69. The van der Waals surface area contributed by atoms with E-state index in [1.807, 2.05) is 19.9 Å². The third-order valence-electron chi connectivity index (χ3n) is 6.02. The van der Waals surface area contributed by atoms with Crippen LogP contribution in [0.15, 0.2) is 94.8 Å². The molecule has 3 aromatic rings. The summed E-state index contributed by atoms with van der Waals surface area (Å²) in [6.07, 6.45) is 4.14. The number of nitrogens with one attached hydrogen (secondary N) is 1. The van der Waals surface area contributed by atoms with Crippen LogP contribution in [0.25, 0.3) is 0 Å². The lowest BCUT2D eigenvalue weighted by molar-refractivity contribution is 0.429. The van der Waals surface area contributed by atoms with Gasteiger partial charge in [-0.1, -0.05) is 70.8 Å². The number of hydrogen-bond acceptors (Lipinski definition) is 4. The number of allylic oxidation sites excluding steroid dienone is 1. The van der Waals surface area contributed by atoms with Gasteiger partial charge in [-0.3, -0.25) is 0 Å². The van der Waals surface area contributed by atoms with Crippen molar-refractivity contribution in [2.24, 2.45) is 5.92 Å². The summed E-state index contributed by atoms with van der Waals surface area (Å²) >= 11 is 12.0. The fraction of sp³-hybridized carbons (Fsp3) is 0.241. The highest BCUT2D eigenvalue weighted by Gasteiger charge is 2.25. The summed E-state index contributed by atoms with van der Waals surface area (Å²) in [5.41, 5.74) is 2.33. The number of phenolic OH excluding ortho intramolecular Hbond substituents is 1. The Morgan fingerprint density at radius 2 is 1.80 bits per heavy atom. The van der Waals surface area contributed by atoms with Gasteiger partial charge in [-0.05, 0) is 68.1 Å². The highest BCUT2D eigenvalue weighted by atomic mass is 35.5. The summed E-state index contributed by atoms with van der Waals surface area (Å²) in [6.45, 7) is 7.85. The molecule has 0 heterocycles. The second-order valence-corrected chi connectivity index (χ2v) is 13.4. The van der Waals surface area contributed by atoms with Gasteiger partial charge >= 0.3 is 0 Å². The van der Waals surface area contributed by atoms with Crippen LogP contribution in [0.5, 0.6) is 5.75 Å². The van der Waals surface area contributed by atoms with Crippen LogP contribution in [0, 0.1) is 18.7 Å². The lowest BCUT2D eigenvalue weighted by Crippen LogP contribution is -2.32. The SMILES string of the molecule is C=CCC(/C=C(\C)CN(Cc1ccc(F)cc1)S(=O)(=O)c1ccc(C)cc1)CNS(=O)c1cc(Cl)cc(Cl)c1O. The third-order valence-corrected chi connectivity index (χ3v) is 9.47. The maximum Gasteiger partial charge on any atom is 0.243 e. The van der Waals surface area contributed by atoms with Crippen LogP contribution in [0.2, 0.25) is 10.0 Å². The van der Waals surface area contributed by atoms with Crippen LogP contribution in [-0.2, 0) is 27.6 Å². The van der Waals surface area contributed by atoms with E-state index in [0.717, 1.165) is 11.1 Å². The first-order valence-corrected chi connectivity index (χ1v) is 15.7. The second kappa shape index (κ2) is 14.4. The summed E-state index contributed by atoms with van der Waals surface area (Å²) < 4.78 is 57.8. The van der Waals surface area contributed by atoms with Gasteiger partial charge in [0.25, 0.3) is 0 Å². The molecule has 2 unspecified atom stereocenters. The summed E-state index contributed by atoms with van der Waals surface area (Å²) in [4.78, 5) is 0.220. The molecule has 40 heavy (non-hydrogen) atoms. The molecule has 0 spiro atoms. The van der Waals surface area contributed by atoms with E-state index in [1.165, 1.54) is 28.6 Å². The Balaban J connectivity index is 1.83. The zero-order valence-electron chi connectivity index (χ0n) is 22.1. The van der Waals surface area contributed by atoms with Crippen molar-refractivity contribution in [1.29, 1.82) is 0 Å². The van der Waals surface area contributed by atoms with Gasteiger partial charge in [0.05, 0.1) is 14.8 Å². The minimum absolute atomic E-state index is 0.00735. The molecule has 0 saturated carbocycles. The molecule has 0 amide bonds. The Morgan fingerprint density at radius 1 is 1.15 bits per heavy atom. The van der Waals surface area contributed by atoms with Gasteiger partial charge in [-0.25, -0.2) is 21.7 Å². The van der Waals surface area contributed by atoms with Gasteiger partial charge < -0.3 is 5.11 Å². The zero-order valence-corrected chi connectivity index (χ0v) is 25.3. The van der Waals surface area contributed by atoms with Crippen molar-refractivity contribution in [3.8, 4) is 5.75 Å². The Bertz CT molecular complexity index is 1500. The van der Waals surface area contributed by atoms with E-state index in [9.17, 15) is 22.1 Å². The molecule has 11 heteroatoms. The molecule has 3 aromatic carbocycles. The van der Waals surface area contributed by atoms with Crippen molar-refractivity contribution in [1.82, 2.24) is 9.03 Å². The average Bonchev–Trinajstić information content (AvgIpc) is 2.90. The molecule has 3 rings (SSSR count). The van der Waals surface area contributed by atoms with Crippen molar-refractivity contribution < 1.29 is 22.1 Å². The zero-order chi connectivity index (χ0) is 29.4. The largest absolute Gasteiger partial charge is 0.505 e. The minimum atomic E-state index is -3.88. The van der Waals surface area contributed by atoms with E-state index >= 15 is 0 Å². The molecule has 0 fully saturated rings. The Kier molecular flexibility index (Phi) is 11.5. The summed E-state index contributed by atoms with van der Waals surface area (Å²) in [6, 6.07) is 15.1. The number of benzene rings is 3. The van der Waals surface area contributed by atoms with Crippen molar-refractivity contribution >= 4 is 44.2 Å². The van der Waals surface area contributed by atoms with Crippen molar-refractivity contribution in [2.45, 2.75) is 36.6 Å². The Labute approximate surface area is 247 Å². The highest BCUT2D eigenvalue weighted by molar-refractivity contribution is 7.89. The maximum absolute atomic E-state index is 13.6. The molecular weight excluding hydrogens is 594 g/mol. The lowest BCUT2D eigenvalue weighted by atomic mass is 10.0. The van der Waals surface area contributed by atoms with E-state index in [1.54, 1.807) is 42.5 Å². The van der Waals surface area contributed by atoms with E-state index in [0.29, 0.717) is 12.0 Å². The topological polar surface area (TPSA) is 86.7 Å². The van der Waals surface area contributed by atoms with Gasteiger partial charge in [0.15, 0.2) is 5.75 Å². The second-order valence-electron chi connectivity index (χ2n) is 9.36. The lowest BCUT2D eigenvalue weighted by Gasteiger charge is -2.24. The molecule has 2 atom stereocenters. The van der Waals surface area contributed by atoms with Gasteiger partial charge in [0.1, 0.15) is 16.8 Å². The summed E-state index contributed by atoms with van der Waals surface area (Å²) in [5, 5.41) is 10.4. The molecule has 0 aliphatic heterocycles. The Morgan fingerprint density at radius 3 is 2.42 bits per heavy atom. The van der Waals surface area contributed by atoms with E-state index in [4.69, 9.17) is 23.2 Å². The van der Waals surface area contributed by atoms with E-state index < -0.39 is 26.8 Å². The highest BCUT2D eigenvalue weighted by Crippen LogP contribution is 2.33. The number of halogens is 3. The Hall–Kier alpha value is -2.53. The molecule has 0 aliphatic rings. The first kappa shape index (κ1) is 32.0. The molecule has 0 radical (unpaired) electrons. The number of nitrogens with zero attached hydrogens (tertiary/aromatic N) is 1. The monoisotopic (exact) mass is 624 g/mol. The molecule has 6 nitrogen and oxygen atoms in total. The van der Waals surface area contributed by atoms with Crippen LogP contribution in [0.1, 0.15) is 24.5 Å². The number of aryl methyl sites for hydroxylation is 1. The fourth-order valence-electron chi connectivity index (χ4n) is 3.98. The maximum atomic E-state index is 13.6. The first-order valence-electron chi connectivity index (χ1n) is 12.3. The van der Waals surface area contributed by atoms with Gasteiger partial charge in [0, 0.05) is 24.7 Å². The standard InChI is InChI=1S/C29H31Cl2FN2O4S2/c1-4-5-23(17-33-39(36)28-16-24(30)15-27(31)29(28)35)14-21(3)18-34(19-22-8-10-25(32)11-9-22)40(37,38)26-12-6-20(2)7-13-26/h4,6-16,23,33,35H,1,5,17-19H2,2-3H3/b21-14+. The minimum Gasteiger partial charge on any atom is -0.505 e. The third kappa shape index (κ3) is 8.73. The normalized spacial score (nSPS) is 13.8. The molecular formula is C29H31Cl2FN2O4S2. The number of aromatic hydroxyl groups is 1. The predicted molar refractivity (Wildman–Crippen MR) is 160 cm³/mol.